The van der Waals surface area contributed by atoms with Gasteiger partial charge < -0.3 is 19.5 Å². The maximum absolute atomic E-state index is 13.2. The lowest BCUT2D eigenvalue weighted by molar-refractivity contribution is 0.304. The molecular weight excluding hydrogens is 711 g/mol. The number of rotatable bonds is 18. The fourth-order valence-electron chi connectivity index (χ4n) is 4.87. The Morgan fingerprint density at radius 2 is 0.880 bits per heavy atom. The van der Waals surface area contributed by atoms with Crippen LogP contribution in [-0.2, 0) is 0 Å². The average molecular weight is 762 g/mol. The van der Waals surface area contributed by atoms with Crippen LogP contribution in [-0.4, -0.2) is 30.4 Å². The van der Waals surface area contributed by atoms with Crippen LogP contribution in [0, 0.1) is 23.3 Å². The minimum absolute atomic E-state index is 0.417. The maximum atomic E-state index is 13.2. The van der Waals surface area contributed by atoms with Crippen LogP contribution in [0.5, 0.6) is 11.5 Å². The van der Waals surface area contributed by atoms with Crippen LogP contribution in [0.1, 0.15) is 90.9 Å². The zero-order valence-electron chi connectivity index (χ0n) is 29.2. The standard InChI is InChI=1S/C20H24F2O.C14H23BO3.C6H3BrF2/c1-2-3-4-5-6-7-12-23-20-10-8-16(9-11-20)17-13-18(21)15-19(22)14-17;1-2-3-4-5-6-7-12-18-14-10-8-13(9-11-14)15(16)17;7-4-1-5(8)3-6(9)2-4/h8-11,13-15H,2-7,12H2,1H3;8-11,16-17H,2-7,12H2,1H3;1-3H. The van der Waals surface area contributed by atoms with E-state index in [1.54, 1.807) is 24.3 Å². The van der Waals surface area contributed by atoms with Crippen LogP contribution in [0.25, 0.3) is 11.1 Å². The molecule has 4 nitrogen and oxygen atoms in total. The minimum atomic E-state index is -1.40. The fraction of sp³-hybridized carbons (Fsp3) is 0.400. The van der Waals surface area contributed by atoms with Crippen LogP contribution in [0.3, 0.4) is 0 Å². The van der Waals surface area contributed by atoms with E-state index in [2.05, 4.69) is 29.8 Å². The molecule has 0 aromatic heterocycles. The Morgan fingerprint density at radius 3 is 1.28 bits per heavy atom. The highest BCUT2D eigenvalue weighted by molar-refractivity contribution is 9.10. The molecule has 4 aromatic rings. The van der Waals surface area contributed by atoms with Gasteiger partial charge in [0.1, 0.15) is 34.8 Å². The van der Waals surface area contributed by atoms with Gasteiger partial charge in [-0.2, -0.15) is 0 Å². The summed E-state index contributed by atoms with van der Waals surface area (Å²) in [5, 5.41) is 17.9. The Hall–Kier alpha value is -3.34. The lowest BCUT2D eigenvalue weighted by Crippen LogP contribution is -2.29. The first kappa shape index (κ1) is 42.8. The SMILES string of the molecule is CCCCCCCCOc1ccc(-c2cc(F)cc(F)c2)cc1.CCCCCCCCOc1ccc(B(O)O)cc1.Fc1cc(F)cc(Br)c1. The molecule has 0 aliphatic heterocycles. The van der Waals surface area contributed by atoms with Crippen molar-refractivity contribution in [2.75, 3.05) is 13.2 Å². The molecule has 0 bridgehead atoms. The predicted octanol–water partition coefficient (Wildman–Crippen LogP) is 11.2. The van der Waals surface area contributed by atoms with Gasteiger partial charge in [0.15, 0.2) is 0 Å². The summed E-state index contributed by atoms with van der Waals surface area (Å²) < 4.78 is 62.5. The van der Waals surface area contributed by atoms with E-state index in [0.717, 1.165) is 48.6 Å². The second-order valence-electron chi connectivity index (χ2n) is 11.9. The van der Waals surface area contributed by atoms with Crippen LogP contribution < -0.4 is 14.9 Å². The molecule has 0 amide bonds. The van der Waals surface area contributed by atoms with Gasteiger partial charge in [0, 0.05) is 16.6 Å². The fourth-order valence-corrected chi connectivity index (χ4v) is 5.30. The molecule has 2 N–H and O–H groups in total. The molecule has 0 aliphatic carbocycles. The molecule has 10 heteroatoms. The van der Waals surface area contributed by atoms with Gasteiger partial charge in [-0.15, -0.1) is 0 Å². The Morgan fingerprint density at radius 1 is 0.500 bits per heavy atom. The third-order valence-corrected chi connectivity index (χ3v) is 8.05. The summed E-state index contributed by atoms with van der Waals surface area (Å²) in [5.41, 5.74) is 1.79. The summed E-state index contributed by atoms with van der Waals surface area (Å²) in [6, 6.07) is 21.0. The summed E-state index contributed by atoms with van der Waals surface area (Å²) in [6.07, 6.45) is 14.9. The van der Waals surface area contributed by atoms with E-state index in [9.17, 15) is 17.6 Å². The molecule has 50 heavy (non-hydrogen) atoms. The van der Waals surface area contributed by atoms with Crippen molar-refractivity contribution < 1.29 is 37.1 Å². The largest absolute Gasteiger partial charge is 0.494 e. The van der Waals surface area contributed by atoms with Crippen molar-refractivity contribution in [2.45, 2.75) is 90.9 Å². The highest BCUT2D eigenvalue weighted by atomic mass is 79.9. The lowest BCUT2D eigenvalue weighted by atomic mass is 9.80. The smallest absolute Gasteiger partial charge is 0.488 e. The number of benzene rings is 4. The van der Waals surface area contributed by atoms with Crippen molar-refractivity contribution in [1.29, 1.82) is 0 Å². The molecule has 0 atom stereocenters. The molecule has 0 saturated carbocycles. The van der Waals surface area contributed by atoms with E-state index in [1.165, 1.54) is 88.5 Å². The number of unbranched alkanes of at least 4 members (excludes halogenated alkanes) is 10. The first-order chi connectivity index (χ1) is 24.1. The molecule has 0 spiro atoms. The van der Waals surface area contributed by atoms with Gasteiger partial charge >= 0.3 is 7.12 Å². The van der Waals surface area contributed by atoms with E-state index in [1.807, 2.05) is 24.3 Å². The predicted molar refractivity (Wildman–Crippen MR) is 200 cm³/mol. The maximum Gasteiger partial charge on any atom is 0.488 e. The van der Waals surface area contributed by atoms with Crippen molar-refractivity contribution in [1.82, 2.24) is 0 Å². The van der Waals surface area contributed by atoms with E-state index < -0.39 is 30.4 Å². The van der Waals surface area contributed by atoms with Crippen molar-refractivity contribution in [2.24, 2.45) is 0 Å². The first-order valence-electron chi connectivity index (χ1n) is 17.5. The van der Waals surface area contributed by atoms with Gasteiger partial charge in [0.25, 0.3) is 0 Å². The monoisotopic (exact) mass is 760 g/mol. The molecular formula is C40H50BBrF4O4. The molecule has 4 rings (SSSR count). The lowest BCUT2D eigenvalue weighted by Gasteiger charge is -2.08. The van der Waals surface area contributed by atoms with Gasteiger partial charge in [0.05, 0.1) is 13.2 Å². The molecule has 0 radical (unpaired) electrons. The number of halogens is 5. The Balaban J connectivity index is 0.000000284. The highest BCUT2D eigenvalue weighted by Gasteiger charge is 2.09. The van der Waals surface area contributed by atoms with Crippen molar-refractivity contribution in [3.05, 3.63) is 113 Å². The first-order valence-corrected chi connectivity index (χ1v) is 18.3. The number of hydrogen-bond donors (Lipinski definition) is 2. The second-order valence-corrected chi connectivity index (χ2v) is 12.9. The molecule has 0 saturated heterocycles. The summed E-state index contributed by atoms with van der Waals surface area (Å²) in [4.78, 5) is 0. The molecule has 4 aromatic carbocycles. The van der Waals surface area contributed by atoms with Crippen LogP contribution in [0.15, 0.2) is 89.4 Å². The van der Waals surface area contributed by atoms with Crippen LogP contribution in [0.2, 0.25) is 0 Å². The van der Waals surface area contributed by atoms with Crippen molar-refractivity contribution >= 4 is 28.5 Å². The Kier molecular flexibility index (Phi) is 21.9. The third-order valence-electron chi connectivity index (χ3n) is 7.59. The minimum Gasteiger partial charge on any atom is -0.494 e. The van der Waals surface area contributed by atoms with Crippen molar-refractivity contribution in [3.8, 4) is 22.6 Å². The summed E-state index contributed by atoms with van der Waals surface area (Å²) in [6.45, 7) is 5.87. The third kappa shape index (κ3) is 19.2. The van der Waals surface area contributed by atoms with Gasteiger partial charge in [-0.1, -0.05) is 118 Å². The van der Waals surface area contributed by atoms with E-state index >= 15 is 0 Å². The summed E-state index contributed by atoms with van der Waals surface area (Å²) in [5.74, 6) is -0.692. The molecule has 0 aliphatic rings. The summed E-state index contributed by atoms with van der Waals surface area (Å²) in [7, 11) is -1.40. The van der Waals surface area contributed by atoms with Gasteiger partial charge in [-0.25, -0.2) is 17.6 Å². The zero-order valence-corrected chi connectivity index (χ0v) is 30.7. The highest BCUT2D eigenvalue weighted by Crippen LogP contribution is 2.24. The molecule has 272 valence electrons. The molecule has 0 heterocycles. The van der Waals surface area contributed by atoms with E-state index in [0.29, 0.717) is 22.1 Å². The van der Waals surface area contributed by atoms with Crippen molar-refractivity contribution in [3.63, 3.8) is 0 Å². The topological polar surface area (TPSA) is 58.9 Å². The quantitative estimate of drug-likeness (QED) is 0.0602. The zero-order chi connectivity index (χ0) is 36.6. The van der Waals surface area contributed by atoms with Gasteiger partial charge in [0.2, 0.25) is 0 Å². The Bertz CT molecular complexity index is 1400. The van der Waals surface area contributed by atoms with Crippen LogP contribution >= 0.6 is 15.9 Å². The van der Waals surface area contributed by atoms with E-state index in [-0.39, 0.29) is 0 Å². The second kappa shape index (κ2) is 25.6. The summed E-state index contributed by atoms with van der Waals surface area (Å²) >= 11 is 2.93. The average Bonchev–Trinajstić information content (AvgIpc) is 3.07. The Labute approximate surface area is 304 Å². The van der Waals surface area contributed by atoms with Crippen LogP contribution in [0.4, 0.5) is 17.6 Å². The molecule has 0 fully saturated rings. The van der Waals surface area contributed by atoms with E-state index in [4.69, 9.17) is 19.5 Å². The number of hydrogen-bond acceptors (Lipinski definition) is 4. The van der Waals surface area contributed by atoms with Gasteiger partial charge in [-0.05, 0) is 78.0 Å². The normalized spacial score (nSPS) is 10.4. The number of ether oxygens (including phenoxy) is 2. The van der Waals surface area contributed by atoms with Gasteiger partial charge in [-0.3, -0.25) is 0 Å². The molecule has 0 unspecified atom stereocenters.